The first kappa shape index (κ1) is 17.7. The third-order valence-corrected chi connectivity index (χ3v) is 2.18. The first-order chi connectivity index (χ1) is 9.80. The molecule has 8 nitrogen and oxygen atoms in total. The van der Waals surface area contributed by atoms with Gasteiger partial charge in [0.25, 0.3) is 0 Å². The van der Waals surface area contributed by atoms with Crippen LogP contribution in [0, 0.1) is 0 Å². The third kappa shape index (κ3) is 4.87. The molecule has 22 heavy (non-hydrogen) atoms. The molecule has 0 fully saturated rings. The topological polar surface area (TPSA) is 110 Å². The van der Waals surface area contributed by atoms with Gasteiger partial charge in [-0.1, -0.05) is 0 Å². The normalized spacial score (nSPS) is 11.9. The van der Waals surface area contributed by atoms with Crippen molar-refractivity contribution < 1.29 is 29.3 Å². The van der Waals surface area contributed by atoms with Gasteiger partial charge in [0, 0.05) is 0 Å². The van der Waals surface area contributed by atoms with Crippen molar-refractivity contribution in [2.45, 2.75) is 52.7 Å². The van der Waals surface area contributed by atoms with Gasteiger partial charge in [-0.25, -0.2) is 14.2 Å². The summed E-state index contributed by atoms with van der Waals surface area (Å²) in [5.74, 6) is -1.15. The molecule has 0 aliphatic heterocycles. The fourth-order valence-electron chi connectivity index (χ4n) is 1.46. The van der Waals surface area contributed by atoms with E-state index in [1.807, 2.05) is 0 Å². The van der Waals surface area contributed by atoms with E-state index in [1.54, 1.807) is 41.5 Å². The first-order valence-corrected chi connectivity index (χ1v) is 6.67. The Morgan fingerprint density at radius 1 is 1.05 bits per heavy atom. The second kappa shape index (κ2) is 5.78. The Morgan fingerprint density at radius 2 is 1.55 bits per heavy atom. The largest absolute Gasteiger partial charge is 0.504 e. The highest BCUT2D eigenvalue weighted by molar-refractivity contribution is 5.91. The minimum Gasteiger partial charge on any atom is -0.504 e. The average Bonchev–Trinajstić information content (AvgIpc) is 2.52. The Morgan fingerprint density at radius 3 is 2.00 bits per heavy atom. The van der Waals surface area contributed by atoms with Gasteiger partial charge in [0.15, 0.2) is 5.75 Å². The molecule has 0 aromatic carbocycles. The van der Waals surface area contributed by atoms with E-state index < -0.39 is 35.0 Å². The summed E-state index contributed by atoms with van der Waals surface area (Å²) in [6, 6.07) is 0. The quantitative estimate of drug-likeness (QED) is 0.735. The van der Waals surface area contributed by atoms with Crippen molar-refractivity contribution in [2.75, 3.05) is 5.32 Å². The lowest BCUT2D eigenvalue weighted by molar-refractivity contribution is 0.0522. The molecule has 0 radical (unpaired) electrons. The number of hydrogen-bond acceptors (Lipinski definition) is 6. The van der Waals surface area contributed by atoms with Crippen LogP contribution in [0.15, 0.2) is 6.20 Å². The predicted octanol–water partition coefficient (Wildman–Crippen LogP) is 3.03. The number of aromatic hydroxyl groups is 2. The number of rotatable bonds is 1. The van der Waals surface area contributed by atoms with E-state index >= 15 is 0 Å². The number of amides is 1. The van der Waals surface area contributed by atoms with Gasteiger partial charge in [0.2, 0.25) is 5.88 Å². The molecular weight excluding hydrogens is 292 g/mol. The first-order valence-electron chi connectivity index (χ1n) is 6.67. The zero-order chi connectivity index (χ0) is 17.3. The molecule has 8 heteroatoms. The summed E-state index contributed by atoms with van der Waals surface area (Å²) >= 11 is 0. The highest BCUT2D eigenvalue weighted by Crippen LogP contribution is 2.36. The molecule has 0 saturated heterocycles. The van der Waals surface area contributed by atoms with Crippen LogP contribution in [0.4, 0.5) is 15.3 Å². The van der Waals surface area contributed by atoms with E-state index in [4.69, 9.17) is 9.47 Å². The second-order valence-corrected chi connectivity index (χ2v) is 6.69. The summed E-state index contributed by atoms with van der Waals surface area (Å²) < 4.78 is 10.8. The van der Waals surface area contributed by atoms with Crippen LogP contribution in [0.5, 0.6) is 11.6 Å². The molecule has 124 valence electrons. The van der Waals surface area contributed by atoms with E-state index in [2.05, 4.69) is 5.32 Å². The van der Waals surface area contributed by atoms with Crippen molar-refractivity contribution >= 4 is 17.9 Å². The van der Waals surface area contributed by atoms with Crippen molar-refractivity contribution in [2.24, 2.45) is 0 Å². The number of nitrogens with one attached hydrogen (secondary N) is 1. The maximum atomic E-state index is 11.9. The number of anilines is 1. The molecule has 0 aliphatic carbocycles. The van der Waals surface area contributed by atoms with Crippen molar-refractivity contribution in [3.63, 3.8) is 0 Å². The van der Waals surface area contributed by atoms with Crippen LogP contribution < -0.4 is 5.32 Å². The highest BCUT2D eigenvalue weighted by Gasteiger charge is 2.26. The molecule has 0 aliphatic rings. The van der Waals surface area contributed by atoms with Crippen LogP contribution in [-0.2, 0) is 9.47 Å². The van der Waals surface area contributed by atoms with Gasteiger partial charge >= 0.3 is 12.2 Å². The van der Waals surface area contributed by atoms with Crippen molar-refractivity contribution in [3.8, 4) is 11.6 Å². The SMILES string of the molecule is CC(C)(C)OC(=O)Nc1c(O)cn(C(=O)OC(C)(C)C)c1O. The van der Waals surface area contributed by atoms with E-state index in [0.717, 1.165) is 6.20 Å². The number of nitrogens with zero attached hydrogens (tertiary/aromatic N) is 1. The predicted molar refractivity (Wildman–Crippen MR) is 79.3 cm³/mol. The van der Waals surface area contributed by atoms with Crippen molar-refractivity contribution in [3.05, 3.63) is 6.20 Å². The van der Waals surface area contributed by atoms with E-state index in [0.29, 0.717) is 4.57 Å². The van der Waals surface area contributed by atoms with E-state index in [1.165, 1.54) is 0 Å². The molecule has 0 bridgehead atoms. The van der Waals surface area contributed by atoms with Gasteiger partial charge in [-0.15, -0.1) is 0 Å². The summed E-state index contributed by atoms with van der Waals surface area (Å²) in [6.45, 7) is 9.97. The monoisotopic (exact) mass is 314 g/mol. The van der Waals surface area contributed by atoms with Crippen molar-refractivity contribution in [1.29, 1.82) is 0 Å². The van der Waals surface area contributed by atoms with Gasteiger partial charge in [0.1, 0.15) is 16.9 Å². The average molecular weight is 314 g/mol. The van der Waals surface area contributed by atoms with Crippen LogP contribution in [-0.4, -0.2) is 38.2 Å². The van der Waals surface area contributed by atoms with Gasteiger partial charge in [0.05, 0.1) is 6.20 Å². The minimum atomic E-state index is -0.891. The minimum absolute atomic E-state index is 0.333. The number of carbonyl (C=O) groups is 2. The van der Waals surface area contributed by atoms with E-state index in [-0.39, 0.29) is 5.69 Å². The molecule has 1 heterocycles. The van der Waals surface area contributed by atoms with E-state index in [9.17, 15) is 19.8 Å². The Hall–Kier alpha value is -2.38. The lowest BCUT2D eigenvalue weighted by Gasteiger charge is -2.20. The lowest BCUT2D eigenvalue weighted by atomic mass is 10.2. The molecule has 1 amide bonds. The molecule has 0 spiro atoms. The van der Waals surface area contributed by atoms with Crippen LogP contribution >= 0.6 is 0 Å². The summed E-state index contributed by atoms with van der Waals surface area (Å²) in [5.41, 5.74) is -1.86. The standard InChI is InChI=1S/C14H22N2O6/c1-13(2,3)21-11(19)15-9-8(17)7-16(10(9)18)12(20)22-14(4,5)6/h7,17-18H,1-6H3,(H,15,19). The zero-order valence-corrected chi connectivity index (χ0v) is 13.6. The maximum absolute atomic E-state index is 11.9. The number of hydrogen-bond donors (Lipinski definition) is 3. The van der Waals surface area contributed by atoms with Crippen molar-refractivity contribution in [1.82, 2.24) is 4.57 Å². The summed E-state index contributed by atoms with van der Waals surface area (Å²) in [4.78, 5) is 23.5. The molecule has 0 saturated carbocycles. The summed E-state index contributed by atoms with van der Waals surface area (Å²) in [6.07, 6.45) is -0.826. The van der Waals surface area contributed by atoms with Gasteiger partial charge in [-0.2, -0.15) is 0 Å². The van der Waals surface area contributed by atoms with Crippen LogP contribution in [0.25, 0.3) is 0 Å². The highest BCUT2D eigenvalue weighted by atomic mass is 16.6. The summed E-state index contributed by atoms with van der Waals surface area (Å²) in [7, 11) is 0. The molecule has 3 N–H and O–H groups in total. The Balaban J connectivity index is 2.96. The van der Waals surface area contributed by atoms with Gasteiger partial charge in [-0.3, -0.25) is 5.32 Å². The lowest BCUT2D eigenvalue weighted by Crippen LogP contribution is -2.27. The molecular formula is C14H22N2O6. The summed E-state index contributed by atoms with van der Waals surface area (Å²) in [5, 5.41) is 21.9. The number of ether oxygens (including phenoxy) is 2. The van der Waals surface area contributed by atoms with Gasteiger partial charge in [-0.05, 0) is 41.5 Å². The van der Waals surface area contributed by atoms with Gasteiger partial charge < -0.3 is 19.7 Å². The fraction of sp³-hybridized carbons (Fsp3) is 0.571. The number of aromatic nitrogens is 1. The van der Waals surface area contributed by atoms with Crippen LogP contribution in [0.1, 0.15) is 41.5 Å². The maximum Gasteiger partial charge on any atom is 0.421 e. The zero-order valence-electron chi connectivity index (χ0n) is 13.6. The van der Waals surface area contributed by atoms with Crippen LogP contribution in [0.2, 0.25) is 0 Å². The molecule has 0 atom stereocenters. The Bertz CT molecular complexity index is 577. The fourth-order valence-corrected chi connectivity index (χ4v) is 1.46. The molecule has 1 aromatic heterocycles. The third-order valence-electron chi connectivity index (χ3n) is 2.18. The Labute approximate surface area is 128 Å². The molecule has 1 rings (SSSR count). The number of carbonyl (C=O) groups excluding carboxylic acids is 2. The second-order valence-electron chi connectivity index (χ2n) is 6.69. The Kier molecular flexibility index (Phi) is 4.64. The smallest absolute Gasteiger partial charge is 0.421 e. The van der Waals surface area contributed by atoms with Crippen LogP contribution in [0.3, 0.4) is 0 Å². The molecule has 0 unspecified atom stereocenters. The molecule has 1 aromatic rings.